The number of aromatic nitrogens is 4. The molecule has 3 heterocycles. The van der Waals surface area contributed by atoms with Crippen molar-refractivity contribution >= 4 is 0 Å². The SMILES string of the molecule is COc1ccccc1-n1nc(C2CCOC2)nc1-c1cnoc1C. The van der Waals surface area contributed by atoms with Crippen LogP contribution < -0.4 is 4.74 Å². The van der Waals surface area contributed by atoms with E-state index in [0.29, 0.717) is 18.2 Å². The summed E-state index contributed by atoms with van der Waals surface area (Å²) in [5, 5.41) is 8.61. The summed E-state index contributed by atoms with van der Waals surface area (Å²) in [6, 6.07) is 7.73. The molecule has 0 spiro atoms. The second-order valence-corrected chi connectivity index (χ2v) is 5.73. The van der Waals surface area contributed by atoms with Crippen LogP contribution in [0, 0.1) is 6.92 Å². The molecule has 1 saturated heterocycles. The molecule has 3 aromatic rings. The lowest BCUT2D eigenvalue weighted by Crippen LogP contribution is -2.04. The van der Waals surface area contributed by atoms with Gasteiger partial charge in [0, 0.05) is 12.5 Å². The van der Waals surface area contributed by atoms with Crippen LogP contribution in [0.5, 0.6) is 5.75 Å². The van der Waals surface area contributed by atoms with E-state index >= 15 is 0 Å². The van der Waals surface area contributed by atoms with Gasteiger partial charge in [0.2, 0.25) is 0 Å². The Morgan fingerprint density at radius 3 is 2.88 bits per heavy atom. The molecule has 7 nitrogen and oxygen atoms in total. The average Bonchev–Trinajstić information content (AvgIpc) is 3.34. The smallest absolute Gasteiger partial charge is 0.168 e. The Kier molecular flexibility index (Phi) is 3.78. The van der Waals surface area contributed by atoms with E-state index in [1.807, 2.05) is 31.2 Å². The lowest BCUT2D eigenvalue weighted by Gasteiger charge is -2.09. The summed E-state index contributed by atoms with van der Waals surface area (Å²) in [6.45, 7) is 3.26. The molecule has 1 aliphatic heterocycles. The molecule has 1 unspecified atom stereocenters. The van der Waals surface area contributed by atoms with Crippen molar-refractivity contribution in [3.63, 3.8) is 0 Å². The number of para-hydroxylation sites is 2. The van der Waals surface area contributed by atoms with Gasteiger partial charge in [-0.1, -0.05) is 17.3 Å². The van der Waals surface area contributed by atoms with Crippen LogP contribution >= 0.6 is 0 Å². The molecular weight excluding hydrogens is 308 g/mol. The monoisotopic (exact) mass is 326 g/mol. The molecule has 1 aromatic carbocycles. The van der Waals surface area contributed by atoms with Gasteiger partial charge in [0.1, 0.15) is 17.2 Å². The van der Waals surface area contributed by atoms with Crippen LogP contribution in [-0.2, 0) is 4.74 Å². The number of hydrogen-bond donors (Lipinski definition) is 0. The van der Waals surface area contributed by atoms with Gasteiger partial charge in [-0.25, -0.2) is 9.67 Å². The van der Waals surface area contributed by atoms with Gasteiger partial charge in [-0.05, 0) is 25.5 Å². The first-order chi connectivity index (χ1) is 11.8. The largest absolute Gasteiger partial charge is 0.494 e. The van der Waals surface area contributed by atoms with Crippen LogP contribution in [0.3, 0.4) is 0 Å². The van der Waals surface area contributed by atoms with Crippen molar-refractivity contribution in [2.45, 2.75) is 19.3 Å². The van der Waals surface area contributed by atoms with Crippen molar-refractivity contribution < 1.29 is 14.0 Å². The third-order valence-electron chi connectivity index (χ3n) is 4.22. The molecule has 124 valence electrons. The van der Waals surface area contributed by atoms with Gasteiger partial charge in [0.25, 0.3) is 0 Å². The highest BCUT2D eigenvalue weighted by Crippen LogP contribution is 2.31. The highest BCUT2D eigenvalue weighted by molar-refractivity contribution is 5.61. The first-order valence-corrected chi connectivity index (χ1v) is 7.87. The normalized spacial score (nSPS) is 17.3. The van der Waals surface area contributed by atoms with E-state index in [1.54, 1.807) is 18.0 Å². The maximum atomic E-state index is 5.48. The second-order valence-electron chi connectivity index (χ2n) is 5.73. The molecule has 24 heavy (non-hydrogen) atoms. The maximum Gasteiger partial charge on any atom is 0.168 e. The molecule has 0 aliphatic carbocycles. The molecule has 2 aromatic heterocycles. The van der Waals surface area contributed by atoms with E-state index in [2.05, 4.69) is 5.16 Å². The lowest BCUT2D eigenvalue weighted by molar-refractivity contribution is 0.193. The summed E-state index contributed by atoms with van der Waals surface area (Å²) in [5.41, 5.74) is 1.65. The first kappa shape index (κ1) is 14.9. The van der Waals surface area contributed by atoms with Crippen molar-refractivity contribution in [2.75, 3.05) is 20.3 Å². The molecule has 0 radical (unpaired) electrons. The van der Waals surface area contributed by atoms with Crippen molar-refractivity contribution in [1.82, 2.24) is 19.9 Å². The summed E-state index contributed by atoms with van der Waals surface area (Å²) in [6.07, 6.45) is 2.60. The summed E-state index contributed by atoms with van der Waals surface area (Å²) in [7, 11) is 1.64. The van der Waals surface area contributed by atoms with Crippen LogP contribution in [0.15, 0.2) is 35.0 Å². The Hall–Kier alpha value is -2.67. The predicted molar refractivity (Wildman–Crippen MR) is 86.3 cm³/mol. The number of methoxy groups -OCH3 is 1. The standard InChI is InChI=1S/C17H18N4O3/c1-11-13(9-18-24-11)17-19-16(12-7-8-23-10-12)20-21(17)14-5-3-4-6-15(14)22-2/h3-6,9,12H,7-8,10H2,1-2H3. The van der Waals surface area contributed by atoms with Crippen LogP contribution in [0.25, 0.3) is 17.1 Å². The molecule has 1 aliphatic rings. The molecule has 0 N–H and O–H groups in total. The highest BCUT2D eigenvalue weighted by atomic mass is 16.5. The van der Waals surface area contributed by atoms with Gasteiger partial charge in [-0.2, -0.15) is 5.10 Å². The summed E-state index contributed by atoms with van der Waals surface area (Å²) >= 11 is 0. The molecule has 0 bridgehead atoms. The number of ether oxygens (including phenoxy) is 2. The van der Waals surface area contributed by atoms with Crippen LogP contribution in [0.1, 0.15) is 23.9 Å². The summed E-state index contributed by atoms with van der Waals surface area (Å²) in [5.74, 6) is 3.11. The Morgan fingerprint density at radius 2 is 2.17 bits per heavy atom. The second kappa shape index (κ2) is 6.09. The van der Waals surface area contributed by atoms with E-state index in [-0.39, 0.29) is 5.92 Å². The van der Waals surface area contributed by atoms with Crippen molar-refractivity contribution in [3.8, 4) is 22.8 Å². The van der Waals surface area contributed by atoms with Gasteiger partial charge < -0.3 is 14.0 Å². The minimum absolute atomic E-state index is 0.208. The summed E-state index contributed by atoms with van der Waals surface area (Å²) < 4.78 is 18.0. The number of hydrogen-bond acceptors (Lipinski definition) is 6. The Morgan fingerprint density at radius 1 is 1.29 bits per heavy atom. The fourth-order valence-electron chi connectivity index (χ4n) is 2.90. The molecular formula is C17H18N4O3. The average molecular weight is 326 g/mol. The molecule has 1 atom stereocenters. The third kappa shape index (κ3) is 2.46. The number of rotatable bonds is 4. The fraction of sp³-hybridized carbons (Fsp3) is 0.353. The maximum absolute atomic E-state index is 5.48. The van der Waals surface area contributed by atoms with E-state index in [9.17, 15) is 0 Å². The number of nitrogens with zero attached hydrogens (tertiary/aromatic N) is 4. The Bertz CT molecular complexity index is 849. The quantitative estimate of drug-likeness (QED) is 0.734. The highest BCUT2D eigenvalue weighted by Gasteiger charge is 2.26. The molecule has 0 amide bonds. The number of aryl methyl sites for hydroxylation is 1. The van der Waals surface area contributed by atoms with Gasteiger partial charge in [-0.3, -0.25) is 0 Å². The molecule has 0 saturated carbocycles. The van der Waals surface area contributed by atoms with Crippen molar-refractivity contribution in [1.29, 1.82) is 0 Å². The molecule has 7 heteroatoms. The number of benzene rings is 1. The van der Waals surface area contributed by atoms with Gasteiger partial charge in [0.05, 0.1) is 25.5 Å². The zero-order chi connectivity index (χ0) is 16.5. The Labute approximate surface area is 139 Å². The Balaban J connectivity index is 1.89. The third-order valence-corrected chi connectivity index (χ3v) is 4.22. The van der Waals surface area contributed by atoms with E-state index in [1.165, 1.54) is 0 Å². The van der Waals surface area contributed by atoms with Gasteiger partial charge in [-0.15, -0.1) is 0 Å². The molecule has 4 rings (SSSR count). The minimum Gasteiger partial charge on any atom is -0.494 e. The van der Waals surface area contributed by atoms with E-state index < -0.39 is 0 Å². The minimum atomic E-state index is 0.208. The fourth-order valence-corrected chi connectivity index (χ4v) is 2.90. The van der Waals surface area contributed by atoms with Crippen LogP contribution in [0.4, 0.5) is 0 Å². The molecule has 1 fully saturated rings. The topological polar surface area (TPSA) is 75.2 Å². The predicted octanol–water partition coefficient (Wildman–Crippen LogP) is 2.74. The van der Waals surface area contributed by atoms with E-state index in [4.69, 9.17) is 24.1 Å². The zero-order valence-corrected chi connectivity index (χ0v) is 13.6. The van der Waals surface area contributed by atoms with Crippen molar-refractivity contribution in [3.05, 3.63) is 42.0 Å². The van der Waals surface area contributed by atoms with Crippen molar-refractivity contribution in [2.24, 2.45) is 0 Å². The van der Waals surface area contributed by atoms with Gasteiger partial charge >= 0.3 is 0 Å². The lowest BCUT2D eigenvalue weighted by atomic mass is 10.1. The zero-order valence-electron chi connectivity index (χ0n) is 13.6. The first-order valence-electron chi connectivity index (χ1n) is 7.87. The van der Waals surface area contributed by atoms with Crippen LogP contribution in [-0.4, -0.2) is 40.2 Å². The van der Waals surface area contributed by atoms with Crippen LogP contribution in [0.2, 0.25) is 0 Å². The van der Waals surface area contributed by atoms with E-state index in [0.717, 1.165) is 35.9 Å². The van der Waals surface area contributed by atoms with Gasteiger partial charge in [0.15, 0.2) is 11.6 Å². The summed E-state index contributed by atoms with van der Waals surface area (Å²) in [4.78, 5) is 4.76.